The van der Waals surface area contributed by atoms with E-state index in [9.17, 15) is 18.0 Å². The van der Waals surface area contributed by atoms with Gasteiger partial charge >= 0.3 is 0 Å². The van der Waals surface area contributed by atoms with Crippen LogP contribution in [-0.2, 0) is 19.6 Å². The van der Waals surface area contributed by atoms with Crippen LogP contribution in [0.5, 0.6) is 0 Å². The molecule has 0 fully saturated rings. The fourth-order valence-electron chi connectivity index (χ4n) is 2.29. The highest BCUT2D eigenvalue weighted by Gasteiger charge is 2.22. The molecule has 138 valence electrons. The highest BCUT2D eigenvalue weighted by atomic mass is 32.2. The van der Waals surface area contributed by atoms with Crippen molar-refractivity contribution in [1.82, 2.24) is 5.32 Å². The second-order valence-electron chi connectivity index (χ2n) is 5.75. The summed E-state index contributed by atoms with van der Waals surface area (Å²) in [6, 6.07) is 13.9. The molecule has 2 amide bonds. The summed E-state index contributed by atoms with van der Waals surface area (Å²) in [5, 5.41) is 5.07. The molecule has 7 nitrogen and oxygen atoms in total. The van der Waals surface area contributed by atoms with E-state index in [0.29, 0.717) is 11.4 Å². The number of carbonyl (C=O) groups is 2. The normalized spacial score (nSPS) is 12.1. The average molecular weight is 375 g/mol. The van der Waals surface area contributed by atoms with Crippen LogP contribution in [0.4, 0.5) is 11.4 Å². The van der Waals surface area contributed by atoms with Gasteiger partial charge in [-0.15, -0.1) is 0 Å². The maximum atomic E-state index is 12.8. The van der Waals surface area contributed by atoms with Gasteiger partial charge in [0.15, 0.2) is 0 Å². The summed E-state index contributed by atoms with van der Waals surface area (Å²) in [5.41, 5.74) is 0.857. The summed E-state index contributed by atoms with van der Waals surface area (Å²) in [4.78, 5) is 23.2. The van der Waals surface area contributed by atoms with Gasteiger partial charge < -0.3 is 10.6 Å². The number of para-hydroxylation sites is 1. The van der Waals surface area contributed by atoms with Crippen molar-refractivity contribution in [2.45, 2.75) is 24.8 Å². The van der Waals surface area contributed by atoms with Gasteiger partial charge in [-0.3, -0.25) is 13.9 Å². The highest BCUT2D eigenvalue weighted by molar-refractivity contribution is 7.92. The molecule has 2 aromatic carbocycles. The minimum atomic E-state index is -3.78. The first-order valence-electron chi connectivity index (χ1n) is 7.94. The summed E-state index contributed by atoms with van der Waals surface area (Å²) in [6.07, 6.45) is 0. The van der Waals surface area contributed by atoms with Crippen molar-refractivity contribution in [2.24, 2.45) is 0 Å². The van der Waals surface area contributed by atoms with Crippen molar-refractivity contribution in [2.75, 3.05) is 16.7 Å². The van der Waals surface area contributed by atoms with Crippen LogP contribution in [-0.4, -0.2) is 33.3 Å². The second kappa shape index (κ2) is 8.01. The molecule has 0 saturated carbocycles. The van der Waals surface area contributed by atoms with Crippen molar-refractivity contribution in [1.29, 1.82) is 0 Å². The van der Waals surface area contributed by atoms with Crippen LogP contribution >= 0.6 is 0 Å². The van der Waals surface area contributed by atoms with Crippen LogP contribution in [0.3, 0.4) is 0 Å². The fourth-order valence-corrected chi connectivity index (χ4v) is 3.53. The van der Waals surface area contributed by atoms with Gasteiger partial charge in [0.25, 0.3) is 10.0 Å². The first-order valence-corrected chi connectivity index (χ1v) is 9.38. The number of sulfonamides is 1. The van der Waals surface area contributed by atoms with Gasteiger partial charge in [-0.05, 0) is 37.3 Å². The van der Waals surface area contributed by atoms with Crippen molar-refractivity contribution in [3.8, 4) is 0 Å². The molecule has 2 aromatic rings. The van der Waals surface area contributed by atoms with E-state index in [0.717, 1.165) is 0 Å². The smallest absolute Gasteiger partial charge is 0.264 e. The summed E-state index contributed by atoms with van der Waals surface area (Å²) in [7, 11) is -2.31. The SMILES string of the molecule is CC(=O)NC(C)C(=O)Nc1cccc(S(=O)(=O)N(C)c2ccccc2)c1. The predicted octanol–water partition coefficient (Wildman–Crippen LogP) is 1.97. The number of amides is 2. The Hall–Kier alpha value is -2.87. The lowest BCUT2D eigenvalue weighted by Gasteiger charge is -2.20. The molecule has 0 radical (unpaired) electrons. The lowest BCUT2D eigenvalue weighted by atomic mass is 10.2. The van der Waals surface area contributed by atoms with Gasteiger partial charge in [0.1, 0.15) is 6.04 Å². The molecular weight excluding hydrogens is 354 g/mol. The molecule has 2 rings (SSSR count). The van der Waals surface area contributed by atoms with Crippen LogP contribution in [0.25, 0.3) is 0 Å². The van der Waals surface area contributed by atoms with E-state index in [1.807, 2.05) is 0 Å². The average Bonchev–Trinajstić information content (AvgIpc) is 2.61. The molecular formula is C18H21N3O4S. The predicted molar refractivity (Wildman–Crippen MR) is 100 cm³/mol. The Morgan fingerprint density at radius 1 is 1.04 bits per heavy atom. The van der Waals surface area contributed by atoms with Gasteiger partial charge in [-0.2, -0.15) is 0 Å². The van der Waals surface area contributed by atoms with Gasteiger partial charge in [-0.1, -0.05) is 24.3 Å². The number of hydrogen-bond acceptors (Lipinski definition) is 4. The lowest BCUT2D eigenvalue weighted by molar-refractivity contribution is -0.124. The molecule has 0 aliphatic rings. The van der Waals surface area contributed by atoms with Gasteiger partial charge in [0.2, 0.25) is 11.8 Å². The molecule has 0 spiro atoms. The van der Waals surface area contributed by atoms with Gasteiger partial charge in [0.05, 0.1) is 10.6 Å². The van der Waals surface area contributed by atoms with E-state index < -0.39 is 22.0 Å². The summed E-state index contributed by atoms with van der Waals surface area (Å²) in [6.45, 7) is 2.86. The van der Waals surface area contributed by atoms with E-state index >= 15 is 0 Å². The first-order chi connectivity index (χ1) is 12.2. The molecule has 1 unspecified atom stereocenters. The molecule has 0 aliphatic carbocycles. The summed E-state index contributed by atoms with van der Waals surface area (Å²) in [5.74, 6) is -0.764. The Morgan fingerprint density at radius 2 is 1.69 bits per heavy atom. The fraction of sp³-hybridized carbons (Fsp3) is 0.222. The van der Waals surface area contributed by atoms with Crippen LogP contribution in [0, 0.1) is 0 Å². The number of hydrogen-bond donors (Lipinski definition) is 2. The van der Waals surface area contributed by atoms with Gasteiger partial charge in [-0.25, -0.2) is 8.42 Å². The third-order valence-corrected chi connectivity index (χ3v) is 5.47. The molecule has 1 atom stereocenters. The lowest BCUT2D eigenvalue weighted by Crippen LogP contribution is -2.40. The minimum Gasteiger partial charge on any atom is -0.345 e. The minimum absolute atomic E-state index is 0.0498. The van der Waals surface area contributed by atoms with Crippen molar-refractivity contribution >= 4 is 33.2 Å². The maximum absolute atomic E-state index is 12.8. The van der Waals surface area contributed by atoms with Crippen molar-refractivity contribution in [3.63, 3.8) is 0 Å². The van der Waals surface area contributed by atoms with E-state index in [2.05, 4.69) is 10.6 Å². The molecule has 8 heteroatoms. The quantitative estimate of drug-likeness (QED) is 0.807. The zero-order valence-corrected chi connectivity index (χ0v) is 15.6. The van der Waals surface area contributed by atoms with Crippen LogP contribution < -0.4 is 14.9 Å². The van der Waals surface area contributed by atoms with Crippen molar-refractivity contribution < 1.29 is 18.0 Å². The Bertz CT molecular complexity index is 898. The van der Waals surface area contributed by atoms with Crippen LogP contribution in [0.2, 0.25) is 0 Å². The zero-order chi connectivity index (χ0) is 19.3. The zero-order valence-electron chi connectivity index (χ0n) is 14.8. The Labute approximate surface area is 153 Å². The topological polar surface area (TPSA) is 95.6 Å². The Morgan fingerprint density at radius 3 is 2.31 bits per heavy atom. The number of anilines is 2. The first kappa shape index (κ1) is 19.5. The molecule has 0 heterocycles. The standard InChI is InChI=1S/C18H21N3O4S/c1-13(19-14(2)22)18(23)20-15-8-7-11-17(12-15)26(24,25)21(3)16-9-5-4-6-10-16/h4-13H,1-3H3,(H,19,22)(H,20,23). The Kier molecular flexibility index (Phi) is 5.99. The molecule has 0 bridgehead atoms. The third-order valence-electron chi connectivity index (χ3n) is 3.69. The van der Waals surface area contributed by atoms with Gasteiger partial charge in [0, 0.05) is 19.7 Å². The summed E-state index contributed by atoms with van der Waals surface area (Å²) >= 11 is 0. The maximum Gasteiger partial charge on any atom is 0.264 e. The monoisotopic (exact) mass is 375 g/mol. The molecule has 0 aliphatic heterocycles. The molecule has 0 aromatic heterocycles. The van der Waals surface area contributed by atoms with E-state index in [4.69, 9.17) is 0 Å². The number of rotatable bonds is 6. The van der Waals surface area contributed by atoms with Crippen LogP contribution in [0.1, 0.15) is 13.8 Å². The number of nitrogens with one attached hydrogen (secondary N) is 2. The largest absolute Gasteiger partial charge is 0.345 e. The number of nitrogens with zero attached hydrogens (tertiary/aromatic N) is 1. The highest BCUT2D eigenvalue weighted by Crippen LogP contribution is 2.23. The van der Waals surface area contributed by atoms with Crippen molar-refractivity contribution in [3.05, 3.63) is 54.6 Å². The van der Waals surface area contributed by atoms with E-state index in [-0.39, 0.29) is 10.8 Å². The van der Waals surface area contributed by atoms with E-state index in [1.54, 1.807) is 49.4 Å². The number of carbonyl (C=O) groups excluding carboxylic acids is 2. The Balaban J connectivity index is 2.23. The van der Waals surface area contributed by atoms with E-state index in [1.165, 1.54) is 30.4 Å². The summed E-state index contributed by atoms with van der Waals surface area (Å²) < 4.78 is 26.8. The van der Waals surface area contributed by atoms with Crippen LogP contribution in [0.15, 0.2) is 59.5 Å². The molecule has 26 heavy (non-hydrogen) atoms. The molecule has 2 N–H and O–H groups in total. The molecule has 0 saturated heterocycles. The number of benzene rings is 2. The third kappa shape index (κ3) is 4.60. The second-order valence-corrected chi connectivity index (χ2v) is 7.72.